The van der Waals surface area contributed by atoms with Gasteiger partial charge in [-0.3, -0.25) is 0 Å². The van der Waals surface area contributed by atoms with E-state index >= 15 is 0 Å². The molecule has 0 radical (unpaired) electrons. The van der Waals surface area contributed by atoms with Gasteiger partial charge in [0, 0.05) is 0 Å². The Hall–Kier alpha value is -3.12. The summed E-state index contributed by atoms with van der Waals surface area (Å²) in [6.07, 6.45) is 0. The predicted octanol–water partition coefficient (Wildman–Crippen LogP) is 1.78. The molecule has 3 rings (SSSR count). The third-order valence-electron chi connectivity index (χ3n) is 4.49. The van der Waals surface area contributed by atoms with E-state index in [0.29, 0.717) is 0 Å². The van der Waals surface area contributed by atoms with Gasteiger partial charge in [0.15, 0.2) is 0 Å². The molecule has 0 bridgehead atoms. The van der Waals surface area contributed by atoms with Crippen LogP contribution in [0, 0.1) is 0 Å². The van der Waals surface area contributed by atoms with Gasteiger partial charge in [-0.2, -0.15) is 0 Å². The van der Waals surface area contributed by atoms with Crippen LogP contribution in [0.15, 0.2) is 72.8 Å². The van der Waals surface area contributed by atoms with Crippen LogP contribution < -0.4 is 0 Å². The molecule has 0 aliphatic rings. The molecule has 0 spiro atoms. The molecule has 0 saturated carbocycles. The van der Waals surface area contributed by atoms with Crippen molar-refractivity contribution >= 4 is 94.9 Å². The number of carboxylic acid groups (broad SMARTS) is 2. The summed E-state index contributed by atoms with van der Waals surface area (Å²) in [7, 11) is 0. The van der Waals surface area contributed by atoms with E-state index in [2.05, 4.69) is 0 Å². The van der Waals surface area contributed by atoms with Gasteiger partial charge < -0.3 is 19.7 Å². The van der Waals surface area contributed by atoms with Crippen LogP contribution in [0.2, 0.25) is 0 Å². The van der Waals surface area contributed by atoms with Crippen LogP contribution in [0.1, 0.15) is 62.1 Å². The molecular formula is C24H16Na2O10. The van der Waals surface area contributed by atoms with Crippen molar-refractivity contribution in [3.05, 3.63) is 106 Å². The Bertz CT molecular complexity index is 1250. The Kier molecular flexibility index (Phi) is 11.9. The van der Waals surface area contributed by atoms with Gasteiger partial charge in [-0.15, -0.1) is 0 Å². The summed E-state index contributed by atoms with van der Waals surface area (Å²) in [4.78, 5) is 72.5. The van der Waals surface area contributed by atoms with Crippen molar-refractivity contribution in [3.8, 4) is 0 Å². The standard InChI is InChI=1S/C24H14O10.2Na.2H/c25-19(26)13-7-1-3-9-15(13)21(29)33-23(31)17-11-5-6-12-18(17)24(32)34-22(30)16-10-4-2-8-14(16)20(27)28;;;;/h1-12H,(H,25,26)(H,27,28);;;;. The van der Waals surface area contributed by atoms with Crippen molar-refractivity contribution in [3.63, 3.8) is 0 Å². The second-order valence-electron chi connectivity index (χ2n) is 6.60. The molecule has 0 fully saturated rings. The number of rotatable bonds is 6. The van der Waals surface area contributed by atoms with Crippen molar-refractivity contribution in [2.24, 2.45) is 0 Å². The molecule has 0 atom stereocenters. The summed E-state index contributed by atoms with van der Waals surface area (Å²) >= 11 is 0. The van der Waals surface area contributed by atoms with Gasteiger partial charge in [-0.1, -0.05) is 36.4 Å². The molecule has 12 heteroatoms. The van der Waals surface area contributed by atoms with Crippen molar-refractivity contribution in [1.82, 2.24) is 0 Å². The van der Waals surface area contributed by atoms with E-state index < -0.39 is 58.1 Å². The summed E-state index contributed by atoms with van der Waals surface area (Å²) in [6.45, 7) is 0. The Labute approximate surface area is 247 Å². The second-order valence-corrected chi connectivity index (χ2v) is 6.60. The van der Waals surface area contributed by atoms with E-state index in [0.717, 1.165) is 36.4 Å². The third-order valence-corrected chi connectivity index (χ3v) is 4.49. The van der Waals surface area contributed by atoms with E-state index in [4.69, 9.17) is 9.47 Å². The molecule has 0 heterocycles. The SMILES string of the molecule is O=C(O)c1ccccc1C(=O)OC(=O)c1ccccc1C(=O)OC(=O)c1ccccc1C(=O)O.[NaH].[NaH]. The number of esters is 4. The van der Waals surface area contributed by atoms with Gasteiger partial charge in [0.05, 0.1) is 33.4 Å². The number of ether oxygens (including phenoxy) is 2. The summed E-state index contributed by atoms with van der Waals surface area (Å²) in [5.74, 6) is -7.95. The van der Waals surface area contributed by atoms with Crippen molar-refractivity contribution < 1.29 is 48.5 Å². The summed E-state index contributed by atoms with van der Waals surface area (Å²) in [5.41, 5.74) is -2.43. The first-order valence-electron chi connectivity index (χ1n) is 9.47. The zero-order valence-electron chi connectivity index (χ0n) is 17.1. The van der Waals surface area contributed by atoms with Gasteiger partial charge in [0.2, 0.25) is 0 Å². The van der Waals surface area contributed by atoms with Gasteiger partial charge >= 0.3 is 94.9 Å². The average molecular weight is 510 g/mol. The molecule has 0 aromatic heterocycles. The van der Waals surface area contributed by atoms with Gasteiger partial charge in [0.1, 0.15) is 0 Å². The van der Waals surface area contributed by atoms with E-state index in [1.54, 1.807) is 0 Å². The normalized spacial score (nSPS) is 9.56. The monoisotopic (exact) mass is 510 g/mol. The van der Waals surface area contributed by atoms with Crippen molar-refractivity contribution in [2.75, 3.05) is 0 Å². The number of carboxylic acids is 2. The Morgan fingerprint density at radius 2 is 0.611 bits per heavy atom. The number of benzene rings is 3. The van der Waals surface area contributed by atoms with Crippen LogP contribution in [-0.2, 0) is 9.47 Å². The molecule has 174 valence electrons. The first-order chi connectivity index (χ1) is 16.2. The quantitative estimate of drug-likeness (QED) is 0.284. The number of carbonyl (C=O) groups is 6. The van der Waals surface area contributed by atoms with E-state index in [-0.39, 0.29) is 70.2 Å². The molecule has 0 aliphatic carbocycles. The first-order valence-corrected chi connectivity index (χ1v) is 9.47. The molecular weight excluding hydrogens is 494 g/mol. The molecule has 0 saturated heterocycles. The zero-order valence-corrected chi connectivity index (χ0v) is 17.1. The van der Waals surface area contributed by atoms with Crippen LogP contribution >= 0.6 is 0 Å². The fraction of sp³-hybridized carbons (Fsp3) is 0. The molecule has 2 N–H and O–H groups in total. The Balaban J connectivity index is 0.00000324. The number of hydrogen-bond acceptors (Lipinski definition) is 8. The number of aromatic carboxylic acids is 2. The molecule has 10 nitrogen and oxygen atoms in total. The molecule has 0 unspecified atom stereocenters. The minimum atomic E-state index is -1.41. The molecule has 3 aromatic carbocycles. The summed E-state index contributed by atoms with van der Waals surface area (Å²) in [6, 6.07) is 15.1. The van der Waals surface area contributed by atoms with Crippen molar-refractivity contribution in [1.29, 1.82) is 0 Å². The summed E-state index contributed by atoms with van der Waals surface area (Å²) < 4.78 is 9.47. The maximum atomic E-state index is 12.6. The zero-order chi connectivity index (χ0) is 24.8. The minimum absolute atomic E-state index is 0. The van der Waals surface area contributed by atoms with Crippen molar-refractivity contribution in [2.45, 2.75) is 0 Å². The second kappa shape index (κ2) is 13.8. The summed E-state index contributed by atoms with van der Waals surface area (Å²) in [5, 5.41) is 18.4. The third kappa shape index (κ3) is 7.20. The van der Waals surface area contributed by atoms with E-state index in [1.165, 1.54) is 36.4 Å². The van der Waals surface area contributed by atoms with E-state index in [1.807, 2.05) is 0 Å². The number of hydrogen-bond donors (Lipinski definition) is 2. The van der Waals surface area contributed by atoms with E-state index in [9.17, 15) is 39.0 Å². The van der Waals surface area contributed by atoms with Crippen LogP contribution in [0.5, 0.6) is 0 Å². The fourth-order valence-electron chi connectivity index (χ4n) is 2.92. The average Bonchev–Trinajstić information content (AvgIpc) is 2.83. The maximum absolute atomic E-state index is 12.6. The predicted molar refractivity (Wildman–Crippen MR) is 127 cm³/mol. The molecule has 0 amide bonds. The molecule has 36 heavy (non-hydrogen) atoms. The molecule has 0 aliphatic heterocycles. The van der Waals surface area contributed by atoms with Crippen LogP contribution in [0.3, 0.4) is 0 Å². The van der Waals surface area contributed by atoms with Gasteiger partial charge in [-0.05, 0) is 36.4 Å². The fourth-order valence-corrected chi connectivity index (χ4v) is 2.92. The number of carbonyl (C=O) groups excluding carboxylic acids is 4. The van der Waals surface area contributed by atoms with Gasteiger partial charge in [0.25, 0.3) is 0 Å². The molecule has 3 aromatic rings. The van der Waals surface area contributed by atoms with Crippen LogP contribution in [0.4, 0.5) is 0 Å². The Morgan fingerprint density at radius 1 is 0.417 bits per heavy atom. The topological polar surface area (TPSA) is 161 Å². The van der Waals surface area contributed by atoms with Crippen LogP contribution in [0.25, 0.3) is 0 Å². The first kappa shape index (κ1) is 30.9. The van der Waals surface area contributed by atoms with Crippen LogP contribution in [-0.4, -0.2) is 105 Å². The van der Waals surface area contributed by atoms with Gasteiger partial charge in [-0.25, -0.2) is 28.8 Å². The Morgan fingerprint density at radius 3 is 0.833 bits per heavy atom.